The fraction of sp³-hybridized carbons (Fsp3) is 0.389. The van der Waals surface area contributed by atoms with Crippen LogP contribution < -0.4 is 0 Å². The molecule has 2 heterocycles. The SMILES string of the molecule is CN(CCc1ccncc1)C1CS(=O)(=O)CC1S(=O)(=O)c1ccccc1. The first kappa shape index (κ1) is 19.0. The molecule has 2 aromatic rings. The Labute approximate surface area is 154 Å². The number of pyridine rings is 1. The van der Waals surface area contributed by atoms with Crippen molar-refractivity contribution in [2.45, 2.75) is 22.6 Å². The molecule has 1 aromatic carbocycles. The predicted molar refractivity (Wildman–Crippen MR) is 100 cm³/mol. The van der Waals surface area contributed by atoms with E-state index in [0.717, 1.165) is 5.56 Å². The number of benzene rings is 1. The highest BCUT2D eigenvalue weighted by atomic mass is 32.2. The van der Waals surface area contributed by atoms with Gasteiger partial charge in [-0.1, -0.05) is 18.2 Å². The molecule has 140 valence electrons. The topological polar surface area (TPSA) is 84.4 Å². The molecule has 8 heteroatoms. The molecule has 1 aromatic heterocycles. The maximum Gasteiger partial charge on any atom is 0.183 e. The maximum absolute atomic E-state index is 13.0. The summed E-state index contributed by atoms with van der Waals surface area (Å²) in [5.41, 5.74) is 1.08. The minimum Gasteiger partial charge on any atom is -0.301 e. The average Bonchev–Trinajstić information content (AvgIpc) is 2.98. The molecule has 1 saturated heterocycles. The minimum atomic E-state index is -3.72. The summed E-state index contributed by atoms with van der Waals surface area (Å²) in [6.45, 7) is 0.574. The lowest BCUT2D eigenvalue weighted by Crippen LogP contribution is -2.45. The maximum atomic E-state index is 13.0. The second-order valence-electron chi connectivity index (χ2n) is 6.63. The lowest BCUT2D eigenvalue weighted by Gasteiger charge is -2.28. The highest BCUT2D eigenvalue weighted by Crippen LogP contribution is 2.28. The van der Waals surface area contributed by atoms with Crippen molar-refractivity contribution in [2.24, 2.45) is 0 Å². The van der Waals surface area contributed by atoms with Crippen molar-refractivity contribution in [3.05, 3.63) is 60.4 Å². The number of nitrogens with zero attached hydrogens (tertiary/aromatic N) is 2. The van der Waals surface area contributed by atoms with Crippen LogP contribution in [0.1, 0.15) is 5.56 Å². The molecule has 1 aliphatic rings. The first-order valence-electron chi connectivity index (χ1n) is 8.38. The lowest BCUT2D eigenvalue weighted by atomic mass is 10.1. The van der Waals surface area contributed by atoms with Crippen molar-refractivity contribution in [3.8, 4) is 0 Å². The van der Waals surface area contributed by atoms with Crippen LogP contribution in [0.25, 0.3) is 0 Å². The van der Waals surface area contributed by atoms with Crippen molar-refractivity contribution >= 4 is 19.7 Å². The molecule has 0 amide bonds. The zero-order valence-electron chi connectivity index (χ0n) is 14.5. The molecule has 2 atom stereocenters. The van der Waals surface area contributed by atoms with Crippen LogP contribution >= 0.6 is 0 Å². The van der Waals surface area contributed by atoms with Gasteiger partial charge >= 0.3 is 0 Å². The van der Waals surface area contributed by atoms with Crippen LogP contribution in [0.2, 0.25) is 0 Å². The third kappa shape index (κ3) is 4.13. The van der Waals surface area contributed by atoms with Gasteiger partial charge in [0.1, 0.15) is 0 Å². The van der Waals surface area contributed by atoms with Crippen LogP contribution in [0.3, 0.4) is 0 Å². The Hall–Kier alpha value is -1.77. The molecule has 6 nitrogen and oxygen atoms in total. The number of sulfone groups is 2. The van der Waals surface area contributed by atoms with Gasteiger partial charge in [-0.3, -0.25) is 4.98 Å². The Morgan fingerprint density at radius 3 is 2.38 bits per heavy atom. The summed E-state index contributed by atoms with van der Waals surface area (Å²) in [5.74, 6) is -0.453. The van der Waals surface area contributed by atoms with Gasteiger partial charge in [0, 0.05) is 25.0 Å². The smallest absolute Gasteiger partial charge is 0.183 e. The number of hydrogen-bond donors (Lipinski definition) is 0. The Balaban J connectivity index is 1.82. The summed E-state index contributed by atoms with van der Waals surface area (Å²) in [4.78, 5) is 6.01. The summed E-state index contributed by atoms with van der Waals surface area (Å²) >= 11 is 0. The van der Waals surface area contributed by atoms with E-state index < -0.39 is 31.0 Å². The second-order valence-corrected chi connectivity index (χ2v) is 10.9. The first-order chi connectivity index (χ1) is 12.3. The predicted octanol–water partition coefficient (Wildman–Crippen LogP) is 1.20. The van der Waals surface area contributed by atoms with E-state index in [2.05, 4.69) is 4.98 Å². The molecular weight excluding hydrogens is 372 g/mol. The van der Waals surface area contributed by atoms with Crippen LogP contribution in [-0.4, -0.2) is 63.1 Å². The molecule has 1 aliphatic heterocycles. The Morgan fingerprint density at radius 1 is 1.08 bits per heavy atom. The first-order valence-corrected chi connectivity index (χ1v) is 11.7. The molecule has 0 saturated carbocycles. The van der Waals surface area contributed by atoms with E-state index in [4.69, 9.17) is 0 Å². The minimum absolute atomic E-state index is 0.128. The third-order valence-electron chi connectivity index (χ3n) is 4.81. The van der Waals surface area contributed by atoms with Gasteiger partial charge in [0.05, 0.1) is 21.7 Å². The Bertz CT molecular complexity index is 945. The van der Waals surface area contributed by atoms with Gasteiger partial charge < -0.3 is 4.90 Å². The van der Waals surface area contributed by atoms with Crippen molar-refractivity contribution in [1.82, 2.24) is 9.88 Å². The lowest BCUT2D eigenvalue weighted by molar-refractivity contribution is 0.266. The summed E-state index contributed by atoms with van der Waals surface area (Å²) in [7, 11) is -5.32. The zero-order valence-corrected chi connectivity index (χ0v) is 16.2. The van der Waals surface area contributed by atoms with Gasteiger partial charge in [0.2, 0.25) is 0 Å². The van der Waals surface area contributed by atoms with E-state index in [0.29, 0.717) is 13.0 Å². The molecule has 0 spiro atoms. The molecule has 0 N–H and O–H groups in total. The Kier molecular flexibility index (Phi) is 5.45. The van der Waals surface area contributed by atoms with Crippen LogP contribution in [0, 0.1) is 0 Å². The normalized spacial score (nSPS) is 22.5. The van der Waals surface area contributed by atoms with Gasteiger partial charge in [-0.25, -0.2) is 16.8 Å². The molecule has 0 aliphatic carbocycles. The van der Waals surface area contributed by atoms with Gasteiger partial charge in [-0.05, 0) is 43.3 Å². The summed E-state index contributed by atoms with van der Waals surface area (Å²) in [6.07, 6.45) is 4.11. The zero-order chi connectivity index (χ0) is 18.8. The molecule has 3 rings (SSSR count). The van der Waals surface area contributed by atoms with Gasteiger partial charge in [0.25, 0.3) is 0 Å². The van der Waals surface area contributed by atoms with Crippen molar-refractivity contribution in [2.75, 3.05) is 25.1 Å². The second kappa shape index (κ2) is 7.46. The van der Waals surface area contributed by atoms with Crippen molar-refractivity contribution in [1.29, 1.82) is 0 Å². The molecule has 0 bridgehead atoms. The van der Waals surface area contributed by atoms with Crippen molar-refractivity contribution in [3.63, 3.8) is 0 Å². The fourth-order valence-electron chi connectivity index (χ4n) is 3.31. The number of likely N-dealkylation sites (N-methyl/N-ethyl adjacent to an activating group) is 1. The number of rotatable bonds is 6. The van der Waals surface area contributed by atoms with Crippen molar-refractivity contribution < 1.29 is 16.8 Å². The van der Waals surface area contributed by atoms with Gasteiger partial charge in [-0.2, -0.15) is 0 Å². The number of hydrogen-bond acceptors (Lipinski definition) is 6. The molecule has 1 fully saturated rings. The van der Waals surface area contributed by atoms with E-state index in [1.807, 2.05) is 17.0 Å². The largest absolute Gasteiger partial charge is 0.301 e. The molecule has 2 unspecified atom stereocenters. The van der Waals surface area contributed by atoms with Crippen LogP contribution in [0.5, 0.6) is 0 Å². The molecular formula is C18H22N2O4S2. The van der Waals surface area contributed by atoms with Gasteiger partial charge in [-0.15, -0.1) is 0 Å². The standard InChI is InChI=1S/C18H22N2O4S2/c1-20(12-9-15-7-10-19-11-8-15)17-13-25(21,22)14-18(17)26(23,24)16-5-3-2-4-6-16/h2-8,10-11,17-18H,9,12-14H2,1H3. The van der Waals surface area contributed by atoms with E-state index in [-0.39, 0.29) is 16.4 Å². The summed E-state index contributed by atoms with van der Waals surface area (Å²) < 4.78 is 50.4. The fourth-order valence-corrected chi connectivity index (χ4v) is 8.24. The van der Waals surface area contributed by atoms with E-state index in [1.54, 1.807) is 37.6 Å². The summed E-state index contributed by atoms with van der Waals surface area (Å²) in [6, 6.07) is 11.3. The highest BCUT2D eigenvalue weighted by molar-refractivity contribution is 7.96. The van der Waals surface area contributed by atoms with E-state index in [9.17, 15) is 16.8 Å². The van der Waals surface area contributed by atoms with E-state index in [1.165, 1.54) is 12.1 Å². The number of aromatic nitrogens is 1. The Morgan fingerprint density at radius 2 is 1.73 bits per heavy atom. The molecule has 26 heavy (non-hydrogen) atoms. The molecule has 0 radical (unpaired) electrons. The quantitative estimate of drug-likeness (QED) is 0.732. The van der Waals surface area contributed by atoms with Crippen LogP contribution in [0.4, 0.5) is 0 Å². The summed E-state index contributed by atoms with van der Waals surface area (Å²) in [5, 5.41) is -0.947. The van der Waals surface area contributed by atoms with Gasteiger partial charge in [0.15, 0.2) is 19.7 Å². The van der Waals surface area contributed by atoms with E-state index >= 15 is 0 Å². The van der Waals surface area contributed by atoms with Crippen LogP contribution in [-0.2, 0) is 26.1 Å². The highest BCUT2D eigenvalue weighted by Gasteiger charge is 2.47. The average molecular weight is 395 g/mol. The van der Waals surface area contributed by atoms with Crippen LogP contribution in [0.15, 0.2) is 59.8 Å². The third-order valence-corrected chi connectivity index (χ3v) is 8.95. The monoisotopic (exact) mass is 394 g/mol.